The van der Waals surface area contributed by atoms with Crippen LogP contribution >= 0.6 is 0 Å². The molecule has 0 amide bonds. The van der Waals surface area contributed by atoms with E-state index in [1.165, 1.54) is 6.42 Å². The molecule has 0 spiro atoms. The summed E-state index contributed by atoms with van der Waals surface area (Å²) in [6.07, 6.45) is 2.97. The van der Waals surface area contributed by atoms with Gasteiger partial charge in [-0.3, -0.25) is 0 Å². The van der Waals surface area contributed by atoms with Gasteiger partial charge in [0.15, 0.2) is 5.82 Å². The van der Waals surface area contributed by atoms with E-state index in [1.54, 1.807) is 7.11 Å². The Labute approximate surface area is 102 Å². The van der Waals surface area contributed by atoms with Crippen molar-refractivity contribution in [3.05, 3.63) is 11.7 Å². The third-order valence-corrected chi connectivity index (χ3v) is 3.28. The molecule has 96 valence electrons. The van der Waals surface area contributed by atoms with Crippen LogP contribution < -0.4 is 5.32 Å². The van der Waals surface area contributed by atoms with Gasteiger partial charge in [-0.25, -0.2) is 0 Å². The molecular weight excluding hydrogens is 218 g/mol. The maximum atomic E-state index is 5.36. The number of methoxy groups -OCH3 is 1. The molecule has 0 aliphatic carbocycles. The highest BCUT2D eigenvalue weighted by Crippen LogP contribution is 2.22. The zero-order chi connectivity index (χ0) is 12.3. The van der Waals surface area contributed by atoms with Gasteiger partial charge in [0.05, 0.1) is 12.0 Å². The minimum absolute atomic E-state index is 0.255. The van der Waals surface area contributed by atoms with Crippen LogP contribution in [-0.4, -0.2) is 35.9 Å². The molecule has 0 radical (unpaired) electrons. The van der Waals surface area contributed by atoms with Gasteiger partial charge in [0.25, 0.3) is 0 Å². The predicted molar refractivity (Wildman–Crippen MR) is 63.9 cm³/mol. The molecule has 1 unspecified atom stereocenters. The van der Waals surface area contributed by atoms with Crippen LogP contribution in [0.1, 0.15) is 44.3 Å². The first-order valence-electron chi connectivity index (χ1n) is 6.19. The Hall–Kier alpha value is -0.940. The largest absolute Gasteiger partial charge is 0.378 e. The molecule has 1 N–H and O–H groups in total. The van der Waals surface area contributed by atoms with Gasteiger partial charge in [0.1, 0.15) is 0 Å². The minimum atomic E-state index is -0.255. The number of nitrogens with one attached hydrogen (secondary N) is 1. The standard InChI is InChI=1S/C12H21N3O2/c1-12(2,16-3)7-10-14-11(15-17-10)9-5-4-6-13-8-9/h9,13H,4-8H2,1-3H3. The van der Waals surface area contributed by atoms with Gasteiger partial charge >= 0.3 is 0 Å². The molecule has 1 fully saturated rings. The number of piperidine rings is 1. The van der Waals surface area contributed by atoms with E-state index in [0.717, 1.165) is 25.3 Å². The first-order chi connectivity index (χ1) is 8.11. The Morgan fingerprint density at radius 2 is 2.35 bits per heavy atom. The van der Waals surface area contributed by atoms with E-state index >= 15 is 0 Å². The number of hydrogen-bond acceptors (Lipinski definition) is 5. The van der Waals surface area contributed by atoms with Gasteiger partial charge in [-0.2, -0.15) is 4.98 Å². The van der Waals surface area contributed by atoms with E-state index < -0.39 is 0 Å². The maximum Gasteiger partial charge on any atom is 0.229 e. The van der Waals surface area contributed by atoms with Crippen LogP contribution in [-0.2, 0) is 11.2 Å². The Bertz CT molecular complexity index is 356. The van der Waals surface area contributed by atoms with Gasteiger partial charge in [-0.1, -0.05) is 5.16 Å². The van der Waals surface area contributed by atoms with Crippen molar-refractivity contribution < 1.29 is 9.26 Å². The van der Waals surface area contributed by atoms with Crippen LogP contribution in [0.25, 0.3) is 0 Å². The molecule has 5 heteroatoms. The molecule has 2 rings (SSSR count). The first kappa shape index (κ1) is 12.5. The van der Waals surface area contributed by atoms with Crippen molar-refractivity contribution in [1.82, 2.24) is 15.5 Å². The van der Waals surface area contributed by atoms with Gasteiger partial charge < -0.3 is 14.6 Å². The van der Waals surface area contributed by atoms with Gasteiger partial charge in [-0.05, 0) is 33.2 Å². The molecule has 0 aromatic carbocycles. The Balaban J connectivity index is 2.00. The molecule has 1 atom stereocenters. The lowest BCUT2D eigenvalue weighted by atomic mass is 9.99. The molecule has 2 heterocycles. The van der Waals surface area contributed by atoms with E-state index in [0.29, 0.717) is 18.2 Å². The van der Waals surface area contributed by atoms with Crippen LogP contribution in [0, 0.1) is 0 Å². The van der Waals surface area contributed by atoms with Crippen LogP contribution in [0.15, 0.2) is 4.52 Å². The fourth-order valence-electron chi connectivity index (χ4n) is 2.01. The molecule has 0 bridgehead atoms. The highest BCUT2D eigenvalue weighted by atomic mass is 16.5. The maximum absolute atomic E-state index is 5.36. The fourth-order valence-corrected chi connectivity index (χ4v) is 2.01. The minimum Gasteiger partial charge on any atom is -0.378 e. The summed E-state index contributed by atoms with van der Waals surface area (Å²) in [5.74, 6) is 1.89. The number of ether oxygens (including phenoxy) is 1. The molecule has 0 saturated carbocycles. The average molecular weight is 239 g/mol. The topological polar surface area (TPSA) is 60.2 Å². The monoisotopic (exact) mass is 239 g/mol. The molecule has 17 heavy (non-hydrogen) atoms. The summed E-state index contributed by atoms with van der Waals surface area (Å²) in [5.41, 5.74) is -0.255. The smallest absolute Gasteiger partial charge is 0.229 e. The fraction of sp³-hybridized carbons (Fsp3) is 0.833. The number of rotatable bonds is 4. The Morgan fingerprint density at radius 3 is 3.00 bits per heavy atom. The summed E-state index contributed by atoms with van der Waals surface area (Å²) < 4.78 is 10.6. The van der Waals surface area contributed by atoms with Crippen LogP contribution in [0.4, 0.5) is 0 Å². The first-order valence-corrected chi connectivity index (χ1v) is 6.19. The average Bonchev–Trinajstić information content (AvgIpc) is 2.78. The van der Waals surface area contributed by atoms with E-state index in [-0.39, 0.29) is 5.60 Å². The van der Waals surface area contributed by atoms with Crippen molar-refractivity contribution in [2.24, 2.45) is 0 Å². The molecule has 1 aromatic heterocycles. The molecule has 1 aliphatic rings. The van der Waals surface area contributed by atoms with Crippen LogP contribution in [0.2, 0.25) is 0 Å². The highest BCUT2D eigenvalue weighted by Gasteiger charge is 2.24. The van der Waals surface area contributed by atoms with Gasteiger partial charge in [0, 0.05) is 19.6 Å². The molecule has 1 saturated heterocycles. The highest BCUT2D eigenvalue weighted by molar-refractivity contribution is 4.99. The van der Waals surface area contributed by atoms with E-state index in [9.17, 15) is 0 Å². The van der Waals surface area contributed by atoms with Crippen molar-refractivity contribution in [1.29, 1.82) is 0 Å². The molecule has 1 aliphatic heterocycles. The zero-order valence-corrected chi connectivity index (χ0v) is 10.8. The number of aromatic nitrogens is 2. The van der Waals surface area contributed by atoms with E-state index in [2.05, 4.69) is 15.5 Å². The second-order valence-corrected chi connectivity index (χ2v) is 5.23. The zero-order valence-electron chi connectivity index (χ0n) is 10.8. The summed E-state index contributed by atoms with van der Waals surface area (Å²) in [6, 6.07) is 0. The summed E-state index contributed by atoms with van der Waals surface area (Å²) in [6.45, 7) is 6.07. The van der Waals surface area contributed by atoms with Crippen LogP contribution in [0.5, 0.6) is 0 Å². The third-order valence-electron chi connectivity index (χ3n) is 3.28. The second kappa shape index (κ2) is 5.14. The van der Waals surface area contributed by atoms with Gasteiger partial charge in [0.2, 0.25) is 5.89 Å². The van der Waals surface area contributed by atoms with Crippen molar-refractivity contribution in [2.45, 2.75) is 44.6 Å². The van der Waals surface area contributed by atoms with Crippen molar-refractivity contribution in [3.63, 3.8) is 0 Å². The predicted octanol–water partition coefficient (Wildman–Crippen LogP) is 1.50. The second-order valence-electron chi connectivity index (χ2n) is 5.23. The number of nitrogens with zero attached hydrogens (tertiary/aromatic N) is 2. The lowest BCUT2D eigenvalue weighted by Crippen LogP contribution is -2.29. The lowest BCUT2D eigenvalue weighted by molar-refractivity contribution is 0.0170. The summed E-state index contributed by atoms with van der Waals surface area (Å²) in [7, 11) is 1.70. The molecule has 1 aromatic rings. The van der Waals surface area contributed by atoms with Gasteiger partial charge in [-0.15, -0.1) is 0 Å². The van der Waals surface area contributed by atoms with E-state index in [1.807, 2.05) is 13.8 Å². The van der Waals surface area contributed by atoms with Crippen LogP contribution in [0.3, 0.4) is 0 Å². The van der Waals surface area contributed by atoms with Crippen molar-refractivity contribution >= 4 is 0 Å². The third kappa shape index (κ3) is 3.26. The van der Waals surface area contributed by atoms with E-state index in [4.69, 9.17) is 9.26 Å². The van der Waals surface area contributed by atoms with Crippen molar-refractivity contribution in [3.8, 4) is 0 Å². The molecular formula is C12H21N3O2. The van der Waals surface area contributed by atoms with Crippen molar-refractivity contribution in [2.75, 3.05) is 20.2 Å². The summed E-state index contributed by atoms with van der Waals surface area (Å²) >= 11 is 0. The Kier molecular flexibility index (Phi) is 3.79. The summed E-state index contributed by atoms with van der Waals surface area (Å²) in [5, 5.41) is 7.43. The summed E-state index contributed by atoms with van der Waals surface area (Å²) in [4.78, 5) is 4.47. The Morgan fingerprint density at radius 1 is 1.53 bits per heavy atom. The quantitative estimate of drug-likeness (QED) is 0.863. The number of hydrogen-bond donors (Lipinski definition) is 1. The normalized spacial score (nSPS) is 21.7. The molecule has 5 nitrogen and oxygen atoms in total. The SMILES string of the molecule is COC(C)(C)Cc1nc(C2CCCNC2)no1. The lowest BCUT2D eigenvalue weighted by Gasteiger charge is -2.20.